The Morgan fingerprint density at radius 1 is 1.44 bits per heavy atom. The van der Waals surface area contributed by atoms with Gasteiger partial charge in [-0.15, -0.1) is 11.3 Å². The van der Waals surface area contributed by atoms with E-state index < -0.39 is 0 Å². The summed E-state index contributed by atoms with van der Waals surface area (Å²) in [5, 5.41) is 3.76. The van der Waals surface area contributed by atoms with Crippen LogP contribution >= 0.6 is 45.7 Å². The van der Waals surface area contributed by atoms with E-state index in [9.17, 15) is 0 Å². The van der Waals surface area contributed by atoms with Gasteiger partial charge in [0.1, 0.15) is 0 Å². The third kappa shape index (κ3) is 4.39. The number of thiophene rings is 1. The minimum atomic E-state index is 0.633. The molecule has 2 rings (SSSR count). The zero-order chi connectivity index (χ0) is 12.8. The van der Waals surface area contributed by atoms with Gasteiger partial charge >= 0.3 is 0 Å². The number of halogens is 1. The Labute approximate surface area is 133 Å². The van der Waals surface area contributed by atoms with Crippen LogP contribution in [0.1, 0.15) is 48.6 Å². The largest absolute Gasteiger partial charge is 0.310 e. The van der Waals surface area contributed by atoms with Gasteiger partial charge in [-0.25, -0.2) is 0 Å². The van der Waals surface area contributed by atoms with Crippen LogP contribution in [0, 0.1) is 2.88 Å². The second kappa shape index (κ2) is 8.12. The Balaban J connectivity index is 1.74. The highest BCUT2D eigenvalue weighted by Gasteiger charge is 2.21. The van der Waals surface area contributed by atoms with Crippen molar-refractivity contribution in [3.8, 4) is 0 Å². The topological polar surface area (TPSA) is 12.0 Å². The van der Waals surface area contributed by atoms with Crippen molar-refractivity contribution in [2.24, 2.45) is 0 Å². The number of aryl methyl sites for hydroxylation is 1. The maximum atomic E-state index is 3.76. The molecular weight excluding hydrogens is 373 g/mol. The number of thioether (sulfide) groups is 1. The van der Waals surface area contributed by atoms with E-state index in [0.29, 0.717) is 6.04 Å². The van der Waals surface area contributed by atoms with Gasteiger partial charge in [-0.05, 0) is 84.9 Å². The van der Waals surface area contributed by atoms with Crippen molar-refractivity contribution >= 4 is 45.7 Å². The van der Waals surface area contributed by atoms with Crippen LogP contribution in [0.5, 0.6) is 0 Å². The highest BCUT2D eigenvalue weighted by atomic mass is 127. The number of nitrogens with one attached hydrogen (secondary N) is 1. The number of unbranched alkanes of at least 4 members (excludes halogenated alkanes) is 2. The summed E-state index contributed by atoms with van der Waals surface area (Å²) in [6.45, 7) is 1.19. The molecule has 0 spiro atoms. The molecule has 0 aromatic carbocycles. The Morgan fingerprint density at radius 3 is 3.17 bits per heavy atom. The van der Waals surface area contributed by atoms with Crippen LogP contribution < -0.4 is 5.32 Å². The summed E-state index contributed by atoms with van der Waals surface area (Å²) in [4.78, 5) is 1.63. The lowest BCUT2D eigenvalue weighted by Gasteiger charge is -2.23. The monoisotopic (exact) mass is 395 g/mol. The van der Waals surface area contributed by atoms with Crippen LogP contribution in [0.4, 0.5) is 0 Å². The van der Waals surface area contributed by atoms with Crippen molar-refractivity contribution in [1.29, 1.82) is 0 Å². The lowest BCUT2D eigenvalue weighted by atomic mass is 9.94. The van der Waals surface area contributed by atoms with Gasteiger partial charge in [-0.1, -0.05) is 6.42 Å². The summed E-state index contributed by atoms with van der Waals surface area (Å²) in [5.74, 6) is 1.32. The predicted molar refractivity (Wildman–Crippen MR) is 93.0 cm³/mol. The molecule has 1 aliphatic rings. The molecule has 4 heteroatoms. The van der Waals surface area contributed by atoms with Gasteiger partial charge in [0.05, 0.1) is 2.88 Å². The van der Waals surface area contributed by atoms with Gasteiger partial charge in [0.15, 0.2) is 0 Å². The summed E-state index contributed by atoms with van der Waals surface area (Å²) in [5.41, 5.74) is 1.60. The molecule has 0 saturated carbocycles. The second-order valence-electron chi connectivity index (χ2n) is 4.88. The van der Waals surface area contributed by atoms with E-state index in [2.05, 4.69) is 40.2 Å². The fraction of sp³-hybridized carbons (Fsp3) is 0.714. The van der Waals surface area contributed by atoms with Crippen LogP contribution in [0.25, 0.3) is 0 Å². The molecule has 1 unspecified atom stereocenters. The summed E-state index contributed by atoms with van der Waals surface area (Å²) in [6.07, 6.45) is 10.2. The van der Waals surface area contributed by atoms with Crippen LogP contribution in [0.15, 0.2) is 6.07 Å². The van der Waals surface area contributed by atoms with Crippen molar-refractivity contribution in [1.82, 2.24) is 5.32 Å². The van der Waals surface area contributed by atoms with Crippen molar-refractivity contribution < 1.29 is 0 Å². The first-order chi connectivity index (χ1) is 8.81. The van der Waals surface area contributed by atoms with Gasteiger partial charge in [-0.2, -0.15) is 11.8 Å². The minimum Gasteiger partial charge on any atom is -0.310 e. The Kier molecular flexibility index (Phi) is 6.83. The number of rotatable bonds is 7. The molecule has 1 aliphatic carbocycles. The number of fused-ring (bicyclic) bond motifs is 1. The van der Waals surface area contributed by atoms with E-state index >= 15 is 0 Å². The quantitative estimate of drug-likeness (QED) is 0.523. The maximum absolute atomic E-state index is 3.76. The molecule has 18 heavy (non-hydrogen) atoms. The Hall–Kier alpha value is 0.740. The first kappa shape index (κ1) is 15.1. The van der Waals surface area contributed by atoms with Crippen molar-refractivity contribution in [3.63, 3.8) is 0 Å². The molecule has 0 bridgehead atoms. The van der Waals surface area contributed by atoms with Crippen LogP contribution in [-0.2, 0) is 6.42 Å². The number of hydrogen-bond acceptors (Lipinski definition) is 3. The fourth-order valence-electron chi connectivity index (χ4n) is 2.56. The van der Waals surface area contributed by atoms with E-state index in [-0.39, 0.29) is 0 Å². The summed E-state index contributed by atoms with van der Waals surface area (Å²) in [7, 11) is 0. The van der Waals surface area contributed by atoms with Crippen LogP contribution in [0.3, 0.4) is 0 Å². The summed E-state index contributed by atoms with van der Waals surface area (Å²) in [6, 6.07) is 3.03. The molecule has 1 aromatic rings. The molecule has 102 valence electrons. The van der Waals surface area contributed by atoms with Gasteiger partial charge < -0.3 is 5.32 Å². The van der Waals surface area contributed by atoms with E-state index in [4.69, 9.17) is 0 Å². The molecule has 0 radical (unpaired) electrons. The molecule has 0 fully saturated rings. The van der Waals surface area contributed by atoms with Gasteiger partial charge in [0, 0.05) is 10.9 Å². The first-order valence-electron chi connectivity index (χ1n) is 6.81. The summed E-state index contributed by atoms with van der Waals surface area (Å²) < 4.78 is 1.45. The number of hydrogen-bond donors (Lipinski definition) is 1. The summed E-state index contributed by atoms with van der Waals surface area (Å²) >= 11 is 6.41. The van der Waals surface area contributed by atoms with Gasteiger partial charge in [0.2, 0.25) is 0 Å². The Bertz CT molecular complexity index is 365. The van der Waals surface area contributed by atoms with Crippen molar-refractivity contribution in [3.05, 3.63) is 19.4 Å². The molecule has 1 N–H and O–H groups in total. The van der Waals surface area contributed by atoms with E-state index in [1.165, 1.54) is 53.7 Å². The minimum absolute atomic E-state index is 0.633. The van der Waals surface area contributed by atoms with E-state index in [0.717, 1.165) is 0 Å². The average molecular weight is 395 g/mol. The van der Waals surface area contributed by atoms with Crippen molar-refractivity contribution in [2.75, 3.05) is 18.6 Å². The predicted octanol–water partition coefficient (Wildman–Crippen LogP) is 4.85. The normalized spacial score (nSPS) is 18.9. The molecule has 0 amide bonds. The molecule has 0 saturated heterocycles. The molecule has 1 heterocycles. The van der Waals surface area contributed by atoms with Crippen molar-refractivity contribution in [2.45, 2.75) is 44.6 Å². The maximum Gasteiger partial charge on any atom is 0.0659 e. The highest BCUT2D eigenvalue weighted by Crippen LogP contribution is 2.36. The molecule has 0 aliphatic heterocycles. The van der Waals surface area contributed by atoms with Crippen LogP contribution in [0.2, 0.25) is 0 Å². The molecule has 1 aromatic heterocycles. The zero-order valence-corrected chi connectivity index (χ0v) is 14.8. The SMILES string of the molecule is CSCCCCCNC1CCCc2sc(I)cc21. The molecular formula is C14H22INS2. The van der Waals surface area contributed by atoms with Gasteiger partial charge in [0.25, 0.3) is 0 Å². The smallest absolute Gasteiger partial charge is 0.0659 e. The van der Waals surface area contributed by atoms with E-state index in [1.54, 1.807) is 10.4 Å². The third-order valence-electron chi connectivity index (χ3n) is 3.50. The third-order valence-corrected chi connectivity index (χ3v) is 6.17. The fourth-order valence-corrected chi connectivity index (χ4v) is 5.17. The highest BCUT2D eigenvalue weighted by molar-refractivity contribution is 14.1. The standard InChI is InChI=1S/C14H22INS2/c1-17-9-4-2-3-8-16-12-6-5-7-13-11(12)10-14(15)18-13/h10,12,16H,2-9H2,1H3. The lowest BCUT2D eigenvalue weighted by molar-refractivity contribution is 0.455. The van der Waals surface area contributed by atoms with Gasteiger partial charge in [-0.3, -0.25) is 0 Å². The molecule has 1 atom stereocenters. The average Bonchev–Trinajstić information content (AvgIpc) is 2.74. The Morgan fingerprint density at radius 2 is 2.33 bits per heavy atom. The second-order valence-corrected chi connectivity index (χ2v) is 8.90. The lowest BCUT2D eigenvalue weighted by Crippen LogP contribution is -2.25. The first-order valence-corrected chi connectivity index (χ1v) is 10.1. The van der Waals surface area contributed by atoms with Crippen LogP contribution in [-0.4, -0.2) is 18.6 Å². The van der Waals surface area contributed by atoms with E-state index in [1.807, 2.05) is 23.1 Å². The zero-order valence-electron chi connectivity index (χ0n) is 11.0. The molecule has 1 nitrogen and oxygen atoms in total.